The highest BCUT2D eigenvalue weighted by molar-refractivity contribution is 7.89. The first kappa shape index (κ1) is 13.5. The molecule has 1 aromatic heterocycles. The van der Waals surface area contributed by atoms with E-state index >= 15 is 0 Å². The molecule has 0 aliphatic carbocycles. The summed E-state index contributed by atoms with van der Waals surface area (Å²) in [6, 6.07) is 0. The van der Waals surface area contributed by atoms with Crippen LogP contribution in [0.5, 0.6) is 0 Å². The number of hydrogen-bond acceptors (Lipinski definition) is 4. The molecule has 0 atom stereocenters. The molecular weight excluding hydrogens is 254 g/mol. The molecule has 1 aliphatic rings. The molecule has 1 N–H and O–H groups in total. The summed E-state index contributed by atoms with van der Waals surface area (Å²) >= 11 is 0. The first-order chi connectivity index (χ1) is 8.27. The van der Waals surface area contributed by atoms with Crippen LogP contribution in [0.1, 0.15) is 25.2 Å². The Morgan fingerprint density at radius 2 is 2.06 bits per heavy atom. The van der Waals surface area contributed by atoms with Gasteiger partial charge in [0.2, 0.25) is 10.0 Å². The molecule has 1 aliphatic heterocycles. The van der Waals surface area contributed by atoms with Gasteiger partial charge in [0.1, 0.15) is 4.90 Å². The smallest absolute Gasteiger partial charge is 0.247 e. The van der Waals surface area contributed by atoms with Crippen molar-refractivity contribution >= 4 is 10.0 Å². The summed E-state index contributed by atoms with van der Waals surface area (Å²) in [5, 5.41) is 6.69. The third-order valence-electron chi connectivity index (χ3n) is 3.18. The Hall–Kier alpha value is -0.920. The Kier molecular flexibility index (Phi) is 3.25. The van der Waals surface area contributed by atoms with Gasteiger partial charge >= 0.3 is 0 Å². The number of H-pyrrole nitrogens is 1. The van der Waals surface area contributed by atoms with Gasteiger partial charge in [0.05, 0.1) is 30.1 Å². The lowest BCUT2D eigenvalue weighted by atomic mass is 10.1. The van der Waals surface area contributed by atoms with Gasteiger partial charge in [-0.2, -0.15) is 9.40 Å². The lowest BCUT2D eigenvalue weighted by Crippen LogP contribution is -2.55. The van der Waals surface area contributed by atoms with E-state index in [4.69, 9.17) is 4.74 Å². The molecule has 0 spiro atoms. The van der Waals surface area contributed by atoms with Crippen molar-refractivity contribution in [2.24, 2.45) is 0 Å². The first-order valence-corrected chi connectivity index (χ1v) is 7.33. The summed E-state index contributed by atoms with van der Waals surface area (Å²) < 4.78 is 32.3. The SMILES string of the molecule is Cc1n[nH]c(C)c1S(=O)(=O)N1CCOCC1(C)C. The molecule has 1 aromatic rings. The lowest BCUT2D eigenvalue weighted by Gasteiger charge is -2.40. The maximum Gasteiger partial charge on any atom is 0.247 e. The van der Waals surface area contributed by atoms with Gasteiger partial charge in [-0.05, 0) is 27.7 Å². The molecule has 18 heavy (non-hydrogen) atoms. The van der Waals surface area contributed by atoms with E-state index in [9.17, 15) is 8.42 Å². The van der Waals surface area contributed by atoms with E-state index in [0.717, 1.165) is 0 Å². The largest absolute Gasteiger partial charge is 0.378 e. The molecule has 102 valence electrons. The standard InChI is InChI=1S/C11H19N3O3S/c1-8-10(9(2)13-12-8)18(15,16)14-5-6-17-7-11(14,3)4/h5-7H2,1-4H3,(H,12,13). The van der Waals surface area contributed by atoms with Crippen LogP contribution in [0, 0.1) is 13.8 Å². The molecule has 0 amide bonds. The summed E-state index contributed by atoms with van der Waals surface area (Å²) in [6.07, 6.45) is 0. The Bertz CT molecular complexity index is 528. The molecule has 1 fully saturated rings. The van der Waals surface area contributed by atoms with Crippen molar-refractivity contribution in [1.82, 2.24) is 14.5 Å². The van der Waals surface area contributed by atoms with Crippen molar-refractivity contribution in [1.29, 1.82) is 0 Å². The molecule has 0 saturated carbocycles. The highest BCUT2D eigenvalue weighted by Gasteiger charge is 2.41. The number of rotatable bonds is 2. The fraction of sp³-hybridized carbons (Fsp3) is 0.727. The van der Waals surface area contributed by atoms with Crippen molar-refractivity contribution in [3.8, 4) is 0 Å². The van der Waals surface area contributed by atoms with Gasteiger partial charge in [-0.25, -0.2) is 8.42 Å². The normalized spacial score (nSPS) is 21.1. The predicted octanol–water partition coefficient (Wildman–Crippen LogP) is 0.826. The number of nitrogens with one attached hydrogen (secondary N) is 1. The minimum atomic E-state index is -3.53. The van der Waals surface area contributed by atoms with Crippen molar-refractivity contribution in [2.45, 2.75) is 38.1 Å². The minimum absolute atomic E-state index is 0.289. The number of hydrogen-bond donors (Lipinski definition) is 1. The Morgan fingerprint density at radius 3 is 2.56 bits per heavy atom. The second-order valence-electron chi connectivity index (χ2n) is 5.21. The predicted molar refractivity (Wildman–Crippen MR) is 66.9 cm³/mol. The van der Waals surface area contributed by atoms with Gasteiger partial charge in [0.15, 0.2) is 0 Å². The first-order valence-electron chi connectivity index (χ1n) is 5.89. The zero-order chi connectivity index (χ0) is 13.6. The highest BCUT2D eigenvalue weighted by Crippen LogP contribution is 2.29. The maximum absolute atomic E-state index is 12.7. The topological polar surface area (TPSA) is 75.3 Å². The van der Waals surface area contributed by atoms with Crippen LogP contribution >= 0.6 is 0 Å². The second-order valence-corrected chi connectivity index (χ2v) is 7.00. The summed E-state index contributed by atoms with van der Waals surface area (Å²) in [7, 11) is -3.53. The van der Waals surface area contributed by atoms with E-state index in [0.29, 0.717) is 31.1 Å². The van der Waals surface area contributed by atoms with E-state index in [1.807, 2.05) is 13.8 Å². The van der Waals surface area contributed by atoms with Crippen molar-refractivity contribution in [3.63, 3.8) is 0 Å². The van der Waals surface area contributed by atoms with Crippen molar-refractivity contribution in [2.75, 3.05) is 19.8 Å². The van der Waals surface area contributed by atoms with E-state index in [1.54, 1.807) is 13.8 Å². The Morgan fingerprint density at radius 1 is 1.39 bits per heavy atom. The molecule has 2 rings (SSSR count). The molecule has 0 aromatic carbocycles. The molecule has 2 heterocycles. The number of ether oxygens (including phenoxy) is 1. The number of aromatic amines is 1. The van der Waals surface area contributed by atoms with Gasteiger partial charge in [0, 0.05) is 6.54 Å². The number of aryl methyl sites for hydroxylation is 2. The van der Waals surface area contributed by atoms with Crippen LogP contribution in [0.4, 0.5) is 0 Å². The van der Waals surface area contributed by atoms with Crippen LogP contribution in [-0.2, 0) is 14.8 Å². The average Bonchev–Trinajstić information content (AvgIpc) is 2.57. The highest BCUT2D eigenvalue weighted by atomic mass is 32.2. The van der Waals surface area contributed by atoms with Crippen LogP contribution < -0.4 is 0 Å². The van der Waals surface area contributed by atoms with Crippen LogP contribution in [0.2, 0.25) is 0 Å². The number of nitrogens with zero attached hydrogens (tertiary/aromatic N) is 2. The van der Waals surface area contributed by atoms with Crippen LogP contribution in [0.3, 0.4) is 0 Å². The number of morpholine rings is 1. The zero-order valence-electron chi connectivity index (χ0n) is 11.1. The zero-order valence-corrected chi connectivity index (χ0v) is 12.0. The van der Waals surface area contributed by atoms with Gasteiger partial charge < -0.3 is 4.74 Å². The maximum atomic E-state index is 12.7. The van der Waals surface area contributed by atoms with Gasteiger partial charge in [-0.15, -0.1) is 0 Å². The summed E-state index contributed by atoms with van der Waals surface area (Å²) in [5.41, 5.74) is 0.553. The fourth-order valence-electron chi connectivity index (χ4n) is 2.32. The third kappa shape index (κ3) is 2.06. The van der Waals surface area contributed by atoms with Gasteiger partial charge in [-0.1, -0.05) is 0 Å². The van der Waals surface area contributed by atoms with E-state index < -0.39 is 15.6 Å². The molecule has 6 nitrogen and oxygen atoms in total. The third-order valence-corrected chi connectivity index (χ3v) is 5.55. The minimum Gasteiger partial charge on any atom is -0.378 e. The quantitative estimate of drug-likeness (QED) is 0.866. The molecule has 1 saturated heterocycles. The monoisotopic (exact) mass is 273 g/mol. The molecular formula is C11H19N3O3S. The van der Waals surface area contributed by atoms with E-state index in [1.165, 1.54) is 4.31 Å². The molecule has 0 unspecified atom stereocenters. The Labute approximate surface area is 107 Å². The number of aromatic nitrogens is 2. The van der Waals surface area contributed by atoms with Crippen LogP contribution in [0.15, 0.2) is 4.90 Å². The van der Waals surface area contributed by atoms with Gasteiger partial charge in [-0.3, -0.25) is 5.10 Å². The van der Waals surface area contributed by atoms with E-state index in [2.05, 4.69) is 10.2 Å². The summed E-state index contributed by atoms with van der Waals surface area (Å²) in [6.45, 7) is 8.37. The van der Waals surface area contributed by atoms with Gasteiger partial charge in [0.25, 0.3) is 0 Å². The Balaban J connectivity index is 2.49. The average molecular weight is 273 g/mol. The van der Waals surface area contributed by atoms with E-state index in [-0.39, 0.29) is 4.90 Å². The molecule has 0 bridgehead atoms. The summed E-state index contributed by atoms with van der Waals surface area (Å²) in [4.78, 5) is 0.289. The number of sulfonamides is 1. The van der Waals surface area contributed by atoms with Crippen molar-refractivity contribution < 1.29 is 13.2 Å². The van der Waals surface area contributed by atoms with Crippen molar-refractivity contribution in [3.05, 3.63) is 11.4 Å². The fourth-order valence-corrected chi connectivity index (χ4v) is 4.41. The van der Waals surface area contributed by atoms with Crippen LogP contribution in [-0.4, -0.2) is 48.2 Å². The molecule has 7 heteroatoms. The lowest BCUT2D eigenvalue weighted by molar-refractivity contribution is -0.00773. The summed E-state index contributed by atoms with van der Waals surface area (Å²) in [5.74, 6) is 0. The second kappa shape index (κ2) is 4.32. The van der Waals surface area contributed by atoms with Crippen LogP contribution in [0.25, 0.3) is 0 Å². The molecule has 0 radical (unpaired) electrons.